The molecule has 108 valence electrons. The number of rotatable bonds is 2. The second-order valence-electron chi connectivity index (χ2n) is 6.28. The fraction of sp³-hybridized carbons (Fsp3) is 0.471. The molecule has 0 N–H and O–H groups in total. The topological polar surface area (TPSA) is 29.5 Å². The van der Waals surface area contributed by atoms with E-state index in [-0.39, 0.29) is 5.97 Å². The molecule has 1 heterocycles. The molecule has 0 radical (unpaired) electrons. The van der Waals surface area contributed by atoms with Gasteiger partial charge in [0.1, 0.15) is 5.60 Å². The van der Waals surface area contributed by atoms with Gasteiger partial charge in [-0.15, -0.1) is 0 Å². The zero-order chi connectivity index (χ0) is 14.8. The predicted octanol–water partition coefficient (Wildman–Crippen LogP) is 3.42. The van der Waals surface area contributed by atoms with Crippen molar-refractivity contribution in [1.82, 2.24) is 0 Å². The Labute approximate surface area is 121 Å². The summed E-state index contributed by atoms with van der Waals surface area (Å²) in [5.41, 5.74) is 3.25. The molecule has 0 fully saturated rings. The molecule has 0 spiro atoms. The minimum Gasteiger partial charge on any atom is -0.457 e. The van der Waals surface area contributed by atoms with Crippen molar-refractivity contribution in [2.75, 3.05) is 18.5 Å². The molecule has 0 bridgehead atoms. The molecule has 0 aromatic heterocycles. The van der Waals surface area contributed by atoms with E-state index in [2.05, 4.69) is 24.1 Å². The van der Waals surface area contributed by atoms with Gasteiger partial charge in [0.25, 0.3) is 0 Å². The second-order valence-corrected chi connectivity index (χ2v) is 6.28. The molecule has 0 saturated carbocycles. The van der Waals surface area contributed by atoms with E-state index in [1.807, 2.05) is 32.9 Å². The number of hydrogen-bond donors (Lipinski definition) is 0. The molecule has 0 saturated heterocycles. The Kier molecular flexibility index (Phi) is 4.17. The lowest BCUT2D eigenvalue weighted by Crippen LogP contribution is -2.24. The summed E-state index contributed by atoms with van der Waals surface area (Å²) in [7, 11) is 2.12. The smallest absolute Gasteiger partial charge is 0.331 e. The summed E-state index contributed by atoms with van der Waals surface area (Å²) in [5, 5.41) is 0. The van der Waals surface area contributed by atoms with Crippen molar-refractivity contribution in [3.05, 3.63) is 35.4 Å². The lowest BCUT2D eigenvalue weighted by Gasteiger charge is -2.27. The van der Waals surface area contributed by atoms with Gasteiger partial charge in [-0.3, -0.25) is 0 Å². The summed E-state index contributed by atoms with van der Waals surface area (Å²) in [5.74, 6) is -0.299. The Morgan fingerprint density at radius 3 is 2.80 bits per heavy atom. The van der Waals surface area contributed by atoms with Crippen LogP contribution in [0, 0.1) is 0 Å². The van der Waals surface area contributed by atoms with Crippen molar-refractivity contribution < 1.29 is 9.53 Å². The number of fused-ring (bicyclic) bond motifs is 1. The SMILES string of the molecule is CN1CCCc2cc(/C=C/C(=O)OC(C)(C)C)ccc21. The van der Waals surface area contributed by atoms with Crippen molar-refractivity contribution in [2.45, 2.75) is 39.2 Å². The molecule has 0 amide bonds. The zero-order valence-electron chi connectivity index (χ0n) is 12.8. The number of carbonyl (C=O) groups is 1. The number of ether oxygens (including phenoxy) is 1. The van der Waals surface area contributed by atoms with Gasteiger partial charge in [-0.2, -0.15) is 0 Å². The van der Waals surface area contributed by atoms with Crippen LogP contribution in [0.4, 0.5) is 5.69 Å². The Morgan fingerprint density at radius 1 is 1.35 bits per heavy atom. The van der Waals surface area contributed by atoms with Crippen LogP contribution in [0.5, 0.6) is 0 Å². The molecule has 1 aromatic rings. The predicted molar refractivity (Wildman–Crippen MR) is 82.9 cm³/mol. The molecule has 1 aliphatic heterocycles. The highest BCUT2D eigenvalue weighted by Crippen LogP contribution is 2.27. The number of anilines is 1. The maximum absolute atomic E-state index is 11.7. The fourth-order valence-electron chi connectivity index (χ4n) is 2.41. The van der Waals surface area contributed by atoms with Crippen LogP contribution in [-0.2, 0) is 16.0 Å². The number of aryl methyl sites for hydroxylation is 1. The lowest BCUT2D eigenvalue weighted by atomic mass is 9.99. The largest absolute Gasteiger partial charge is 0.457 e. The summed E-state index contributed by atoms with van der Waals surface area (Å²) >= 11 is 0. The molecule has 1 aromatic carbocycles. The van der Waals surface area contributed by atoms with E-state index in [0.717, 1.165) is 18.5 Å². The van der Waals surface area contributed by atoms with Gasteiger partial charge in [0, 0.05) is 25.4 Å². The fourth-order valence-corrected chi connectivity index (χ4v) is 2.41. The van der Waals surface area contributed by atoms with Gasteiger partial charge in [0.2, 0.25) is 0 Å². The highest BCUT2D eigenvalue weighted by Gasteiger charge is 2.15. The molecule has 0 atom stereocenters. The first-order valence-electron chi connectivity index (χ1n) is 7.10. The van der Waals surface area contributed by atoms with Gasteiger partial charge >= 0.3 is 5.97 Å². The van der Waals surface area contributed by atoms with Crippen molar-refractivity contribution in [3.8, 4) is 0 Å². The van der Waals surface area contributed by atoms with Crippen molar-refractivity contribution >= 4 is 17.7 Å². The van der Waals surface area contributed by atoms with Crippen LogP contribution in [0.25, 0.3) is 6.08 Å². The van der Waals surface area contributed by atoms with Crippen LogP contribution in [0.3, 0.4) is 0 Å². The Bertz CT molecular complexity index is 526. The van der Waals surface area contributed by atoms with Crippen LogP contribution in [-0.4, -0.2) is 25.2 Å². The van der Waals surface area contributed by atoms with Crippen molar-refractivity contribution in [3.63, 3.8) is 0 Å². The van der Waals surface area contributed by atoms with Gasteiger partial charge in [0.05, 0.1) is 0 Å². The standard InChI is InChI=1S/C17H23NO2/c1-17(2,3)20-16(19)10-8-13-7-9-15-14(12-13)6-5-11-18(15)4/h7-10,12H,5-6,11H2,1-4H3/b10-8+. The molecular formula is C17H23NO2. The highest BCUT2D eigenvalue weighted by atomic mass is 16.6. The van der Waals surface area contributed by atoms with E-state index in [9.17, 15) is 4.79 Å². The van der Waals surface area contributed by atoms with Gasteiger partial charge in [-0.25, -0.2) is 4.79 Å². The van der Waals surface area contributed by atoms with E-state index < -0.39 is 5.60 Å². The van der Waals surface area contributed by atoms with Gasteiger partial charge in [-0.05, 0) is 62.9 Å². The number of esters is 1. The highest BCUT2D eigenvalue weighted by molar-refractivity contribution is 5.87. The first-order chi connectivity index (χ1) is 9.35. The number of benzene rings is 1. The van der Waals surface area contributed by atoms with E-state index in [0.29, 0.717) is 0 Å². The van der Waals surface area contributed by atoms with E-state index in [4.69, 9.17) is 4.74 Å². The van der Waals surface area contributed by atoms with Crippen molar-refractivity contribution in [2.24, 2.45) is 0 Å². The van der Waals surface area contributed by atoms with Crippen LogP contribution >= 0.6 is 0 Å². The summed E-state index contributed by atoms with van der Waals surface area (Å²) in [6.07, 6.45) is 5.61. The number of nitrogens with zero attached hydrogens (tertiary/aromatic N) is 1. The minimum absolute atomic E-state index is 0.299. The Balaban J connectivity index is 2.09. The zero-order valence-corrected chi connectivity index (χ0v) is 12.8. The van der Waals surface area contributed by atoms with Crippen LogP contribution in [0.2, 0.25) is 0 Å². The second kappa shape index (κ2) is 5.70. The van der Waals surface area contributed by atoms with Gasteiger partial charge in [-0.1, -0.05) is 6.07 Å². The summed E-state index contributed by atoms with van der Waals surface area (Å²) in [4.78, 5) is 13.9. The average molecular weight is 273 g/mol. The monoisotopic (exact) mass is 273 g/mol. The lowest BCUT2D eigenvalue weighted by molar-refractivity contribution is -0.148. The van der Waals surface area contributed by atoms with E-state index >= 15 is 0 Å². The first kappa shape index (κ1) is 14.6. The molecule has 0 unspecified atom stereocenters. The van der Waals surface area contributed by atoms with E-state index in [1.54, 1.807) is 0 Å². The molecule has 0 aliphatic carbocycles. The molecule has 1 aliphatic rings. The minimum atomic E-state index is -0.444. The quantitative estimate of drug-likeness (QED) is 0.611. The van der Waals surface area contributed by atoms with Gasteiger partial charge < -0.3 is 9.64 Å². The number of hydrogen-bond acceptors (Lipinski definition) is 3. The van der Waals surface area contributed by atoms with E-state index in [1.165, 1.54) is 23.7 Å². The number of carbonyl (C=O) groups excluding carboxylic acids is 1. The Morgan fingerprint density at radius 2 is 2.10 bits per heavy atom. The third-order valence-corrected chi connectivity index (χ3v) is 3.27. The average Bonchev–Trinajstić information content (AvgIpc) is 2.34. The summed E-state index contributed by atoms with van der Waals surface area (Å²) in [6, 6.07) is 6.33. The molecule has 3 nitrogen and oxygen atoms in total. The molecule has 20 heavy (non-hydrogen) atoms. The summed E-state index contributed by atoms with van der Waals surface area (Å²) in [6.45, 7) is 6.72. The van der Waals surface area contributed by atoms with Crippen LogP contribution < -0.4 is 4.90 Å². The molecular weight excluding hydrogens is 250 g/mol. The first-order valence-corrected chi connectivity index (χ1v) is 7.10. The summed E-state index contributed by atoms with van der Waals surface area (Å²) < 4.78 is 5.26. The normalized spacial score (nSPS) is 15.3. The van der Waals surface area contributed by atoms with Crippen LogP contribution in [0.15, 0.2) is 24.3 Å². The third kappa shape index (κ3) is 3.86. The van der Waals surface area contributed by atoms with Crippen LogP contribution in [0.1, 0.15) is 38.3 Å². The third-order valence-electron chi connectivity index (χ3n) is 3.27. The molecule has 3 heteroatoms. The maximum atomic E-state index is 11.7. The maximum Gasteiger partial charge on any atom is 0.331 e. The Hall–Kier alpha value is -1.77. The van der Waals surface area contributed by atoms with Gasteiger partial charge in [0.15, 0.2) is 0 Å². The van der Waals surface area contributed by atoms with Crippen molar-refractivity contribution in [1.29, 1.82) is 0 Å². The molecule has 2 rings (SSSR count).